The molecule has 4 nitrogen and oxygen atoms in total. The lowest BCUT2D eigenvalue weighted by Gasteiger charge is -2.14. The number of rotatable bonds is 7. The van der Waals surface area contributed by atoms with E-state index in [4.69, 9.17) is 9.84 Å². The summed E-state index contributed by atoms with van der Waals surface area (Å²) in [5.74, 6) is -0.562. The summed E-state index contributed by atoms with van der Waals surface area (Å²) >= 11 is 0. The summed E-state index contributed by atoms with van der Waals surface area (Å²) in [6.45, 7) is 1.99. The highest BCUT2D eigenvalue weighted by Gasteiger charge is 2.18. The second-order valence-corrected chi connectivity index (χ2v) is 3.78. The molecule has 1 aromatic carbocycles. The van der Waals surface area contributed by atoms with Crippen LogP contribution in [0.2, 0.25) is 0 Å². The largest absolute Gasteiger partial charge is 0.479 e. The van der Waals surface area contributed by atoms with Crippen molar-refractivity contribution in [2.45, 2.75) is 32.3 Å². The van der Waals surface area contributed by atoms with Crippen LogP contribution in [0.3, 0.4) is 0 Å². The molecule has 0 heterocycles. The van der Waals surface area contributed by atoms with E-state index in [1.807, 2.05) is 6.92 Å². The molecule has 0 saturated heterocycles. The maximum atomic E-state index is 11.0. The van der Waals surface area contributed by atoms with Crippen LogP contribution < -0.4 is 4.74 Å². The van der Waals surface area contributed by atoms with E-state index >= 15 is 0 Å². The first-order valence-corrected chi connectivity index (χ1v) is 5.62. The van der Waals surface area contributed by atoms with Crippen LogP contribution in [0.4, 0.5) is 0 Å². The predicted octanol–water partition coefficient (Wildman–Crippen LogP) is 2.52. The first-order valence-electron chi connectivity index (χ1n) is 5.62. The van der Waals surface area contributed by atoms with Crippen molar-refractivity contribution in [2.75, 3.05) is 0 Å². The third-order valence-electron chi connectivity index (χ3n) is 2.37. The number of aldehydes is 1. The predicted molar refractivity (Wildman–Crippen MR) is 63.4 cm³/mol. The van der Waals surface area contributed by atoms with Gasteiger partial charge in [-0.1, -0.05) is 25.5 Å². The van der Waals surface area contributed by atoms with E-state index in [-0.39, 0.29) is 0 Å². The smallest absolute Gasteiger partial charge is 0.344 e. The maximum absolute atomic E-state index is 11.0. The SMILES string of the molecule is CCCCC(Oc1cccc(C=O)c1)C(=O)O. The molecule has 0 aliphatic rings. The highest BCUT2D eigenvalue weighted by atomic mass is 16.5. The maximum Gasteiger partial charge on any atom is 0.344 e. The van der Waals surface area contributed by atoms with E-state index in [9.17, 15) is 9.59 Å². The molecule has 0 spiro atoms. The van der Waals surface area contributed by atoms with Crippen molar-refractivity contribution in [1.82, 2.24) is 0 Å². The number of carbonyl (C=O) groups excluding carboxylic acids is 1. The van der Waals surface area contributed by atoms with Crippen LogP contribution in [0, 0.1) is 0 Å². The van der Waals surface area contributed by atoms with Gasteiger partial charge >= 0.3 is 5.97 Å². The van der Waals surface area contributed by atoms with Gasteiger partial charge in [-0.25, -0.2) is 4.79 Å². The minimum absolute atomic E-state index is 0.415. The lowest BCUT2D eigenvalue weighted by atomic mass is 10.1. The zero-order valence-electron chi connectivity index (χ0n) is 9.76. The summed E-state index contributed by atoms with van der Waals surface area (Å²) in [6, 6.07) is 6.49. The summed E-state index contributed by atoms with van der Waals surface area (Å²) in [4.78, 5) is 21.5. The Morgan fingerprint density at radius 2 is 2.29 bits per heavy atom. The summed E-state index contributed by atoms with van der Waals surface area (Å²) < 4.78 is 5.36. The summed E-state index contributed by atoms with van der Waals surface area (Å²) in [5.41, 5.74) is 0.474. The zero-order valence-corrected chi connectivity index (χ0v) is 9.76. The average Bonchev–Trinajstić information content (AvgIpc) is 2.34. The molecule has 0 aliphatic heterocycles. The van der Waals surface area contributed by atoms with Gasteiger partial charge < -0.3 is 9.84 Å². The lowest BCUT2D eigenvalue weighted by molar-refractivity contribution is -0.145. The number of benzene rings is 1. The molecule has 1 rings (SSSR count). The number of ether oxygens (including phenoxy) is 1. The minimum atomic E-state index is -0.977. The zero-order chi connectivity index (χ0) is 12.7. The number of carboxylic acids is 1. The van der Waals surface area contributed by atoms with Crippen LogP contribution in [0.15, 0.2) is 24.3 Å². The van der Waals surface area contributed by atoms with Crippen molar-refractivity contribution < 1.29 is 19.4 Å². The average molecular weight is 236 g/mol. The fourth-order valence-electron chi connectivity index (χ4n) is 1.45. The van der Waals surface area contributed by atoms with Crippen LogP contribution in [0.1, 0.15) is 36.5 Å². The molecule has 0 saturated carbocycles. The van der Waals surface area contributed by atoms with Gasteiger partial charge in [-0.05, 0) is 25.0 Å². The van der Waals surface area contributed by atoms with Crippen molar-refractivity contribution >= 4 is 12.3 Å². The highest BCUT2D eigenvalue weighted by molar-refractivity contribution is 5.76. The van der Waals surface area contributed by atoms with E-state index in [1.165, 1.54) is 6.07 Å². The van der Waals surface area contributed by atoms with Gasteiger partial charge in [0, 0.05) is 5.56 Å². The molecular weight excluding hydrogens is 220 g/mol. The number of aliphatic carboxylic acids is 1. The van der Waals surface area contributed by atoms with Crippen LogP contribution in [0.5, 0.6) is 5.75 Å². The van der Waals surface area contributed by atoms with Gasteiger partial charge in [0.15, 0.2) is 6.10 Å². The third-order valence-corrected chi connectivity index (χ3v) is 2.37. The second kappa shape index (κ2) is 6.68. The van der Waals surface area contributed by atoms with E-state index in [0.29, 0.717) is 24.0 Å². The van der Waals surface area contributed by atoms with Gasteiger partial charge in [0.05, 0.1) is 0 Å². The standard InChI is InChI=1S/C13H16O4/c1-2-3-7-12(13(15)16)17-11-6-4-5-10(8-11)9-14/h4-6,8-9,12H,2-3,7H2,1H3,(H,15,16). The summed E-state index contributed by atoms with van der Waals surface area (Å²) in [7, 11) is 0. The number of carbonyl (C=O) groups is 2. The van der Waals surface area contributed by atoms with E-state index < -0.39 is 12.1 Å². The van der Waals surface area contributed by atoms with Gasteiger partial charge in [-0.3, -0.25) is 4.79 Å². The van der Waals surface area contributed by atoms with Crippen molar-refractivity contribution in [3.63, 3.8) is 0 Å². The Hall–Kier alpha value is -1.84. The first kappa shape index (κ1) is 13.2. The van der Waals surface area contributed by atoms with E-state index in [2.05, 4.69) is 0 Å². The van der Waals surface area contributed by atoms with Crippen molar-refractivity contribution in [2.24, 2.45) is 0 Å². The molecule has 4 heteroatoms. The Morgan fingerprint density at radius 3 is 2.88 bits per heavy atom. The molecule has 0 aromatic heterocycles. The molecule has 0 radical (unpaired) electrons. The molecule has 1 unspecified atom stereocenters. The van der Waals surface area contributed by atoms with Gasteiger partial charge in [0.1, 0.15) is 12.0 Å². The van der Waals surface area contributed by atoms with Gasteiger partial charge in [0.2, 0.25) is 0 Å². The van der Waals surface area contributed by atoms with Crippen LogP contribution >= 0.6 is 0 Å². The molecule has 1 N–H and O–H groups in total. The van der Waals surface area contributed by atoms with Gasteiger partial charge in [-0.2, -0.15) is 0 Å². The van der Waals surface area contributed by atoms with Gasteiger partial charge in [0.25, 0.3) is 0 Å². The molecule has 0 amide bonds. The molecule has 1 aromatic rings. The first-order chi connectivity index (χ1) is 8.17. The minimum Gasteiger partial charge on any atom is -0.479 e. The molecule has 0 aliphatic carbocycles. The fourth-order valence-corrected chi connectivity index (χ4v) is 1.45. The molecule has 0 fully saturated rings. The van der Waals surface area contributed by atoms with Crippen molar-refractivity contribution in [3.8, 4) is 5.75 Å². The Labute approximate surface area is 100 Å². The molecule has 17 heavy (non-hydrogen) atoms. The van der Waals surface area contributed by atoms with E-state index in [1.54, 1.807) is 18.2 Å². The van der Waals surface area contributed by atoms with Gasteiger partial charge in [-0.15, -0.1) is 0 Å². The second-order valence-electron chi connectivity index (χ2n) is 3.78. The Balaban J connectivity index is 2.71. The fraction of sp³-hybridized carbons (Fsp3) is 0.385. The monoisotopic (exact) mass is 236 g/mol. The van der Waals surface area contributed by atoms with Crippen LogP contribution in [-0.2, 0) is 4.79 Å². The lowest BCUT2D eigenvalue weighted by Crippen LogP contribution is -2.26. The Morgan fingerprint density at radius 1 is 1.53 bits per heavy atom. The highest BCUT2D eigenvalue weighted by Crippen LogP contribution is 2.16. The molecular formula is C13H16O4. The number of hydrogen-bond acceptors (Lipinski definition) is 3. The molecule has 0 bridgehead atoms. The Kier molecular flexibility index (Phi) is 5.20. The molecule has 92 valence electrons. The normalized spacial score (nSPS) is 11.8. The third kappa shape index (κ3) is 4.26. The van der Waals surface area contributed by atoms with Crippen LogP contribution in [0.25, 0.3) is 0 Å². The summed E-state index contributed by atoms with van der Waals surface area (Å²) in [5, 5.41) is 8.99. The quantitative estimate of drug-likeness (QED) is 0.739. The van der Waals surface area contributed by atoms with E-state index in [0.717, 1.165) is 12.8 Å². The number of unbranched alkanes of at least 4 members (excludes halogenated alkanes) is 1. The summed E-state index contributed by atoms with van der Waals surface area (Å²) in [6.07, 6.45) is 2.04. The topological polar surface area (TPSA) is 63.6 Å². The van der Waals surface area contributed by atoms with Crippen LogP contribution in [-0.4, -0.2) is 23.5 Å². The number of carboxylic acid groups (broad SMARTS) is 1. The van der Waals surface area contributed by atoms with Crippen molar-refractivity contribution in [1.29, 1.82) is 0 Å². The Bertz CT molecular complexity index is 387. The number of hydrogen-bond donors (Lipinski definition) is 1. The molecule has 1 atom stereocenters. The van der Waals surface area contributed by atoms with Crippen molar-refractivity contribution in [3.05, 3.63) is 29.8 Å².